The van der Waals surface area contributed by atoms with Crippen LogP contribution in [0, 0.1) is 6.92 Å². The molecular weight excluding hydrogens is 272 g/mol. The van der Waals surface area contributed by atoms with Gasteiger partial charge >= 0.3 is 0 Å². The molecule has 1 aliphatic heterocycles. The molecule has 1 heterocycles. The highest BCUT2D eigenvalue weighted by Gasteiger charge is 2.24. The summed E-state index contributed by atoms with van der Waals surface area (Å²) in [6.07, 6.45) is 0.365. The largest absolute Gasteiger partial charge is 0.325 e. The van der Waals surface area contributed by atoms with Gasteiger partial charge in [-0.2, -0.15) is 0 Å². The molecular formula is C16H15ClN2O. The van der Waals surface area contributed by atoms with Crippen LogP contribution in [0.1, 0.15) is 28.3 Å². The lowest BCUT2D eigenvalue weighted by Gasteiger charge is -2.17. The van der Waals surface area contributed by atoms with E-state index >= 15 is 0 Å². The first-order chi connectivity index (χ1) is 9.54. The molecule has 0 saturated carbocycles. The fourth-order valence-electron chi connectivity index (χ4n) is 2.53. The van der Waals surface area contributed by atoms with E-state index in [0.717, 1.165) is 22.4 Å². The number of nitrogens with one attached hydrogen (secondary N) is 1. The molecule has 3 nitrogen and oxygen atoms in total. The number of anilines is 1. The van der Waals surface area contributed by atoms with E-state index < -0.39 is 0 Å². The SMILES string of the molecule is Cc1ccc(C(N)c2cc(Cl)cc3c2NC(=O)C3)cc1. The van der Waals surface area contributed by atoms with Gasteiger partial charge in [-0.25, -0.2) is 0 Å². The Morgan fingerprint density at radius 3 is 2.65 bits per heavy atom. The van der Waals surface area contributed by atoms with Crippen molar-refractivity contribution in [3.05, 3.63) is 63.7 Å². The molecule has 2 aromatic rings. The highest BCUT2D eigenvalue weighted by Crippen LogP contribution is 2.35. The fourth-order valence-corrected chi connectivity index (χ4v) is 2.78. The molecule has 0 aromatic heterocycles. The molecule has 3 rings (SSSR count). The monoisotopic (exact) mass is 286 g/mol. The zero-order valence-electron chi connectivity index (χ0n) is 11.1. The zero-order valence-corrected chi connectivity index (χ0v) is 11.9. The van der Waals surface area contributed by atoms with Crippen LogP contribution in [0.2, 0.25) is 5.02 Å². The first-order valence-electron chi connectivity index (χ1n) is 6.49. The van der Waals surface area contributed by atoms with E-state index in [1.54, 1.807) is 0 Å². The third-order valence-corrected chi connectivity index (χ3v) is 3.82. The van der Waals surface area contributed by atoms with Crippen LogP contribution in [0.15, 0.2) is 36.4 Å². The fraction of sp³-hybridized carbons (Fsp3) is 0.188. The standard InChI is InChI=1S/C16H15ClN2O/c1-9-2-4-10(5-3-9)15(18)13-8-12(17)6-11-7-14(20)19-16(11)13/h2-6,8,15H,7,18H2,1H3,(H,19,20). The minimum absolute atomic E-state index is 0.0142. The predicted molar refractivity (Wildman–Crippen MR) is 81.0 cm³/mol. The third kappa shape index (κ3) is 2.30. The van der Waals surface area contributed by atoms with Crippen molar-refractivity contribution in [2.75, 3.05) is 5.32 Å². The Labute approximate surface area is 122 Å². The summed E-state index contributed by atoms with van der Waals surface area (Å²) in [6, 6.07) is 11.4. The molecule has 3 N–H and O–H groups in total. The number of hydrogen-bond donors (Lipinski definition) is 2. The predicted octanol–water partition coefficient (Wildman–Crippen LogP) is 3.19. The normalized spacial score (nSPS) is 14.8. The Bertz CT molecular complexity index is 680. The summed E-state index contributed by atoms with van der Waals surface area (Å²) in [7, 11) is 0. The number of rotatable bonds is 2. The van der Waals surface area contributed by atoms with Crippen molar-refractivity contribution >= 4 is 23.2 Å². The molecule has 1 amide bonds. The van der Waals surface area contributed by atoms with Crippen LogP contribution < -0.4 is 11.1 Å². The van der Waals surface area contributed by atoms with E-state index in [1.807, 2.05) is 43.3 Å². The highest BCUT2D eigenvalue weighted by atomic mass is 35.5. The van der Waals surface area contributed by atoms with Gasteiger partial charge in [0.25, 0.3) is 0 Å². The van der Waals surface area contributed by atoms with Gasteiger partial charge in [0, 0.05) is 10.7 Å². The molecule has 4 heteroatoms. The lowest BCUT2D eigenvalue weighted by atomic mass is 9.95. The van der Waals surface area contributed by atoms with Gasteiger partial charge in [0.1, 0.15) is 0 Å². The summed E-state index contributed by atoms with van der Waals surface area (Å²) in [4.78, 5) is 11.6. The number of aryl methyl sites for hydroxylation is 1. The molecule has 0 saturated heterocycles. The van der Waals surface area contributed by atoms with E-state index in [2.05, 4.69) is 5.32 Å². The summed E-state index contributed by atoms with van der Waals surface area (Å²) in [6.45, 7) is 2.03. The lowest BCUT2D eigenvalue weighted by molar-refractivity contribution is -0.115. The van der Waals surface area contributed by atoms with Gasteiger partial charge in [-0.05, 0) is 35.7 Å². The van der Waals surface area contributed by atoms with Crippen molar-refractivity contribution in [3.8, 4) is 0 Å². The Kier molecular flexibility index (Phi) is 3.24. The van der Waals surface area contributed by atoms with Crippen LogP contribution in [-0.2, 0) is 11.2 Å². The molecule has 20 heavy (non-hydrogen) atoms. The topological polar surface area (TPSA) is 55.1 Å². The molecule has 0 radical (unpaired) electrons. The van der Waals surface area contributed by atoms with Crippen molar-refractivity contribution in [3.63, 3.8) is 0 Å². The molecule has 1 unspecified atom stereocenters. The summed E-state index contributed by atoms with van der Waals surface area (Å²) in [5, 5.41) is 3.49. The summed E-state index contributed by atoms with van der Waals surface area (Å²) in [5.74, 6) is -0.0142. The Hall–Kier alpha value is -1.84. The molecule has 0 fully saturated rings. The van der Waals surface area contributed by atoms with Crippen molar-refractivity contribution in [1.29, 1.82) is 0 Å². The zero-order chi connectivity index (χ0) is 14.3. The summed E-state index contributed by atoms with van der Waals surface area (Å²) in [5.41, 5.74) is 11.1. The van der Waals surface area contributed by atoms with E-state index in [9.17, 15) is 4.79 Å². The van der Waals surface area contributed by atoms with Gasteiger partial charge in [0.05, 0.1) is 12.5 Å². The number of fused-ring (bicyclic) bond motifs is 1. The number of carbonyl (C=O) groups is 1. The molecule has 2 aromatic carbocycles. The Morgan fingerprint density at radius 1 is 1.25 bits per heavy atom. The van der Waals surface area contributed by atoms with Crippen molar-refractivity contribution < 1.29 is 4.79 Å². The van der Waals surface area contributed by atoms with Crippen LogP contribution in [0.3, 0.4) is 0 Å². The smallest absolute Gasteiger partial charge is 0.228 e. The van der Waals surface area contributed by atoms with Gasteiger partial charge in [-0.3, -0.25) is 4.79 Å². The first-order valence-corrected chi connectivity index (χ1v) is 6.86. The number of halogens is 1. The number of hydrogen-bond acceptors (Lipinski definition) is 2. The molecule has 0 spiro atoms. The van der Waals surface area contributed by atoms with Crippen LogP contribution in [0.5, 0.6) is 0 Å². The maximum atomic E-state index is 11.6. The van der Waals surface area contributed by atoms with Crippen LogP contribution in [-0.4, -0.2) is 5.91 Å². The summed E-state index contributed by atoms with van der Waals surface area (Å²) < 4.78 is 0. The second-order valence-corrected chi connectivity index (χ2v) is 5.58. The van der Waals surface area contributed by atoms with Crippen molar-refractivity contribution in [1.82, 2.24) is 0 Å². The van der Waals surface area contributed by atoms with E-state index in [0.29, 0.717) is 11.4 Å². The second kappa shape index (κ2) is 4.93. The van der Waals surface area contributed by atoms with Crippen LogP contribution in [0.25, 0.3) is 0 Å². The number of carbonyl (C=O) groups excluding carboxylic acids is 1. The van der Waals surface area contributed by atoms with Crippen LogP contribution in [0.4, 0.5) is 5.69 Å². The van der Waals surface area contributed by atoms with Crippen LogP contribution >= 0.6 is 11.6 Å². The minimum Gasteiger partial charge on any atom is -0.325 e. The quantitative estimate of drug-likeness (QED) is 0.891. The van der Waals surface area contributed by atoms with E-state index in [4.69, 9.17) is 17.3 Å². The van der Waals surface area contributed by atoms with Gasteiger partial charge in [0.15, 0.2) is 0 Å². The second-order valence-electron chi connectivity index (χ2n) is 5.14. The van der Waals surface area contributed by atoms with Crippen molar-refractivity contribution in [2.24, 2.45) is 5.73 Å². The number of benzene rings is 2. The molecule has 102 valence electrons. The van der Waals surface area contributed by atoms with E-state index in [1.165, 1.54) is 5.56 Å². The molecule has 1 aliphatic rings. The van der Waals surface area contributed by atoms with Crippen molar-refractivity contribution in [2.45, 2.75) is 19.4 Å². The average Bonchev–Trinajstić information content (AvgIpc) is 2.78. The summed E-state index contributed by atoms with van der Waals surface area (Å²) >= 11 is 6.14. The minimum atomic E-state index is -0.304. The molecule has 1 atom stereocenters. The highest BCUT2D eigenvalue weighted by molar-refractivity contribution is 6.31. The van der Waals surface area contributed by atoms with E-state index in [-0.39, 0.29) is 11.9 Å². The van der Waals surface area contributed by atoms with Gasteiger partial charge < -0.3 is 11.1 Å². The maximum Gasteiger partial charge on any atom is 0.228 e. The maximum absolute atomic E-state index is 11.6. The Morgan fingerprint density at radius 2 is 1.95 bits per heavy atom. The molecule has 0 bridgehead atoms. The number of nitrogens with two attached hydrogens (primary N) is 1. The Balaban J connectivity index is 2.06. The van der Waals surface area contributed by atoms with Gasteiger partial charge in [-0.1, -0.05) is 41.4 Å². The van der Waals surface area contributed by atoms with Gasteiger partial charge in [0.2, 0.25) is 5.91 Å². The average molecular weight is 287 g/mol. The molecule has 0 aliphatic carbocycles. The number of amides is 1. The third-order valence-electron chi connectivity index (χ3n) is 3.60. The van der Waals surface area contributed by atoms with Gasteiger partial charge in [-0.15, -0.1) is 0 Å². The lowest BCUT2D eigenvalue weighted by Crippen LogP contribution is -2.14. The first kappa shape index (κ1) is 13.2.